The number of aromatic nitrogens is 4. The van der Waals surface area contributed by atoms with Crippen molar-refractivity contribution in [1.82, 2.24) is 24.3 Å². The predicted molar refractivity (Wildman–Crippen MR) is 83.2 cm³/mol. The number of thiazole rings is 1. The maximum Gasteiger partial charge on any atom is 0.274 e. The fraction of sp³-hybridized carbons (Fsp3) is 0.286. The molecule has 1 amide bonds. The maximum absolute atomic E-state index is 12.5. The molecule has 7 nitrogen and oxygen atoms in total. The number of hydrogen-bond donors (Lipinski definition) is 0. The first-order valence-electron chi connectivity index (χ1n) is 7.05. The molecule has 112 valence electrons. The van der Waals surface area contributed by atoms with Crippen LogP contribution < -0.4 is 4.90 Å². The molecule has 1 aliphatic rings. The van der Waals surface area contributed by atoms with E-state index in [1.165, 1.54) is 11.3 Å². The van der Waals surface area contributed by atoms with Crippen LogP contribution in [0.15, 0.2) is 36.2 Å². The maximum atomic E-state index is 12.5. The molecule has 0 aliphatic carbocycles. The SMILES string of the molecule is O=C(c1cn2ccsc2n1)N1CCN(c2ncccn2)CC1. The van der Waals surface area contributed by atoms with E-state index in [1.807, 2.05) is 20.9 Å². The molecule has 3 aromatic heterocycles. The lowest BCUT2D eigenvalue weighted by molar-refractivity contribution is 0.0741. The third-order valence-corrected chi connectivity index (χ3v) is 4.48. The Kier molecular flexibility index (Phi) is 3.23. The zero-order valence-corrected chi connectivity index (χ0v) is 12.6. The highest BCUT2D eigenvalue weighted by atomic mass is 32.1. The van der Waals surface area contributed by atoms with Crippen LogP contribution in [-0.2, 0) is 0 Å². The molecule has 1 aliphatic heterocycles. The van der Waals surface area contributed by atoms with Crippen molar-refractivity contribution in [1.29, 1.82) is 0 Å². The second-order valence-electron chi connectivity index (χ2n) is 5.05. The lowest BCUT2D eigenvalue weighted by Crippen LogP contribution is -2.49. The van der Waals surface area contributed by atoms with Crippen molar-refractivity contribution >= 4 is 28.2 Å². The van der Waals surface area contributed by atoms with E-state index in [9.17, 15) is 4.79 Å². The third kappa shape index (κ3) is 2.31. The molecule has 1 fully saturated rings. The Bertz CT molecular complexity index is 761. The summed E-state index contributed by atoms with van der Waals surface area (Å²) >= 11 is 1.53. The first-order chi connectivity index (χ1) is 10.8. The molecule has 0 unspecified atom stereocenters. The number of hydrogen-bond acceptors (Lipinski definition) is 6. The van der Waals surface area contributed by atoms with Gasteiger partial charge in [-0.15, -0.1) is 11.3 Å². The van der Waals surface area contributed by atoms with Gasteiger partial charge in [0.15, 0.2) is 4.96 Å². The van der Waals surface area contributed by atoms with E-state index in [4.69, 9.17) is 0 Å². The summed E-state index contributed by atoms with van der Waals surface area (Å²) in [6, 6.07) is 1.80. The molecule has 3 aromatic rings. The van der Waals surface area contributed by atoms with Gasteiger partial charge in [0.1, 0.15) is 5.69 Å². The van der Waals surface area contributed by atoms with Crippen molar-refractivity contribution in [3.05, 3.63) is 41.9 Å². The van der Waals surface area contributed by atoms with E-state index in [1.54, 1.807) is 24.7 Å². The Balaban J connectivity index is 1.45. The van der Waals surface area contributed by atoms with Gasteiger partial charge in [0.2, 0.25) is 5.95 Å². The Labute approximate surface area is 130 Å². The Hall–Kier alpha value is -2.48. The summed E-state index contributed by atoms with van der Waals surface area (Å²) in [5, 5.41) is 1.95. The topological polar surface area (TPSA) is 66.6 Å². The largest absolute Gasteiger partial charge is 0.337 e. The van der Waals surface area contributed by atoms with Crippen molar-refractivity contribution in [3.8, 4) is 0 Å². The van der Waals surface area contributed by atoms with Gasteiger partial charge in [-0.25, -0.2) is 15.0 Å². The first-order valence-corrected chi connectivity index (χ1v) is 7.93. The number of carbonyl (C=O) groups is 1. The lowest BCUT2D eigenvalue weighted by Gasteiger charge is -2.34. The number of anilines is 1. The molecule has 0 atom stereocenters. The van der Waals surface area contributed by atoms with E-state index in [0.29, 0.717) is 18.8 Å². The smallest absolute Gasteiger partial charge is 0.274 e. The van der Waals surface area contributed by atoms with Gasteiger partial charge >= 0.3 is 0 Å². The second-order valence-corrected chi connectivity index (χ2v) is 5.92. The predicted octanol–water partition coefficient (Wildman–Crippen LogP) is 1.15. The Morgan fingerprint density at radius 3 is 2.64 bits per heavy atom. The molecule has 0 saturated carbocycles. The molecule has 1 saturated heterocycles. The Morgan fingerprint density at radius 2 is 1.91 bits per heavy atom. The fourth-order valence-electron chi connectivity index (χ4n) is 2.56. The number of carbonyl (C=O) groups excluding carboxylic acids is 1. The minimum atomic E-state index is -0.00969. The van der Waals surface area contributed by atoms with Crippen LogP contribution in [0.3, 0.4) is 0 Å². The van der Waals surface area contributed by atoms with Gasteiger partial charge in [-0.05, 0) is 6.07 Å². The average Bonchev–Trinajstić information content (AvgIpc) is 3.17. The summed E-state index contributed by atoms with van der Waals surface area (Å²) in [7, 11) is 0. The molecule has 4 rings (SSSR count). The zero-order valence-electron chi connectivity index (χ0n) is 11.8. The molecule has 0 N–H and O–H groups in total. The third-order valence-electron chi connectivity index (χ3n) is 3.71. The van der Waals surface area contributed by atoms with Crippen LogP contribution in [0, 0.1) is 0 Å². The van der Waals surface area contributed by atoms with Crippen LogP contribution in [0.5, 0.6) is 0 Å². The molecule has 8 heteroatoms. The van der Waals surface area contributed by atoms with Gasteiger partial charge in [-0.1, -0.05) is 0 Å². The number of rotatable bonds is 2. The summed E-state index contributed by atoms with van der Waals surface area (Å²) in [4.78, 5) is 30.2. The van der Waals surface area contributed by atoms with E-state index >= 15 is 0 Å². The molecule has 0 radical (unpaired) electrons. The monoisotopic (exact) mass is 314 g/mol. The van der Waals surface area contributed by atoms with Crippen LogP contribution in [-0.4, -0.2) is 56.3 Å². The minimum absolute atomic E-state index is 0.00969. The lowest BCUT2D eigenvalue weighted by atomic mass is 10.3. The van der Waals surface area contributed by atoms with Crippen LogP contribution in [0.2, 0.25) is 0 Å². The standard InChI is InChI=1S/C14H14N6OS/c21-12(11-10-20-8-9-22-14(20)17-11)18-4-6-19(7-5-18)13-15-2-1-3-16-13/h1-3,8-10H,4-7H2. The van der Waals surface area contributed by atoms with Gasteiger partial charge in [-0.2, -0.15) is 0 Å². The molecular formula is C14H14N6OS. The quantitative estimate of drug-likeness (QED) is 0.710. The number of nitrogens with zero attached hydrogens (tertiary/aromatic N) is 6. The number of imidazole rings is 1. The molecule has 0 spiro atoms. The normalized spacial score (nSPS) is 15.5. The summed E-state index contributed by atoms with van der Waals surface area (Å²) < 4.78 is 1.88. The van der Waals surface area contributed by atoms with Crippen molar-refractivity contribution in [2.45, 2.75) is 0 Å². The van der Waals surface area contributed by atoms with Crippen LogP contribution in [0.25, 0.3) is 4.96 Å². The van der Waals surface area contributed by atoms with Crippen LogP contribution in [0.1, 0.15) is 10.5 Å². The molecule has 0 bridgehead atoms. The summed E-state index contributed by atoms with van der Waals surface area (Å²) in [6.45, 7) is 2.78. The van der Waals surface area contributed by atoms with Gasteiger partial charge in [0.25, 0.3) is 5.91 Å². The molecular weight excluding hydrogens is 300 g/mol. The van der Waals surface area contributed by atoms with E-state index in [2.05, 4.69) is 19.9 Å². The van der Waals surface area contributed by atoms with E-state index < -0.39 is 0 Å². The fourth-order valence-corrected chi connectivity index (χ4v) is 3.26. The molecule has 22 heavy (non-hydrogen) atoms. The minimum Gasteiger partial charge on any atom is -0.337 e. The first kappa shape index (κ1) is 13.2. The van der Waals surface area contributed by atoms with Crippen LogP contribution in [0.4, 0.5) is 5.95 Å². The highest BCUT2D eigenvalue weighted by molar-refractivity contribution is 7.15. The highest BCUT2D eigenvalue weighted by Gasteiger charge is 2.25. The van der Waals surface area contributed by atoms with Crippen molar-refractivity contribution < 1.29 is 4.79 Å². The van der Waals surface area contributed by atoms with E-state index in [-0.39, 0.29) is 5.91 Å². The number of amides is 1. The second kappa shape index (κ2) is 5.38. The molecule has 0 aromatic carbocycles. The summed E-state index contributed by atoms with van der Waals surface area (Å²) in [5.74, 6) is 0.710. The van der Waals surface area contributed by atoms with Crippen LogP contribution >= 0.6 is 11.3 Å². The van der Waals surface area contributed by atoms with Gasteiger partial charge in [-0.3, -0.25) is 9.20 Å². The van der Waals surface area contributed by atoms with Crippen molar-refractivity contribution in [2.75, 3.05) is 31.1 Å². The highest BCUT2D eigenvalue weighted by Crippen LogP contribution is 2.15. The average molecular weight is 314 g/mol. The number of piperazine rings is 1. The Morgan fingerprint density at radius 1 is 1.14 bits per heavy atom. The zero-order chi connectivity index (χ0) is 14.9. The van der Waals surface area contributed by atoms with Gasteiger partial charge < -0.3 is 9.80 Å². The van der Waals surface area contributed by atoms with E-state index in [0.717, 1.165) is 24.0 Å². The molecule has 4 heterocycles. The summed E-state index contributed by atoms with van der Waals surface area (Å²) in [6.07, 6.45) is 7.17. The number of fused-ring (bicyclic) bond motifs is 1. The van der Waals surface area contributed by atoms with Gasteiger partial charge in [0, 0.05) is 56.3 Å². The van der Waals surface area contributed by atoms with Gasteiger partial charge in [0.05, 0.1) is 0 Å². The van der Waals surface area contributed by atoms with Crippen molar-refractivity contribution in [2.24, 2.45) is 0 Å². The van der Waals surface area contributed by atoms with Crippen molar-refractivity contribution in [3.63, 3.8) is 0 Å². The summed E-state index contributed by atoms with van der Waals surface area (Å²) in [5.41, 5.74) is 0.510.